The van der Waals surface area contributed by atoms with Gasteiger partial charge in [0.15, 0.2) is 11.6 Å². The summed E-state index contributed by atoms with van der Waals surface area (Å²) < 4.78 is 31.0. The molecule has 0 spiro atoms. The van der Waals surface area contributed by atoms with Crippen LogP contribution in [0, 0.1) is 11.6 Å². The van der Waals surface area contributed by atoms with Crippen LogP contribution in [0.3, 0.4) is 0 Å². The van der Waals surface area contributed by atoms with Gasteiger partial charge in [0.1, 0.15) is 5.75 Å². The molecule has 2 aromatic carbocycles. The number of carbonyl (C=O) groups excluding carboxylic acids is 1. The van der Waals surface area contributed by atoms with Crippen molar-refractivity contribution in [3.05, 3.63) is 65.2 Å². The maximum Gasteiger partial charge on any atom is 0.271 e. The molecule has 0 heterocycles. The van der Waals surface area contributed by atoms with Crippen LogP contribution in [0.2, 0.25) is 0 Å². The van der Waals surface area contributed by atoms with E-state index in [1.807, 2.05) is 6.92 Å². The highest BCUT2D eigenvalue weighted by Crippen LogP contribution is 2.12. The van der Waals surface area contributed by atoms with Gasteiger partial charge in [-0.25, -0.2) is 14.2 Å². The van der Waals surface area contributed by atoms with Crippen LogP contribution in [0.15, 0.2) is 47.6 Å². The number of ether oxygens (including phenoxy) is 1. The Balaban J connectivity index is 1.96. The van der Waals surface area contributed by atoms with Crippen molar-refractivity contribution in [1.29, 1.82) is 0 Å². The Morgan fingerprint density at radius 2 is 1.91 bits per heavy atom. The average molecular weight is 304 g/mol. The largest absolute Gasteiger partial charge is 0.494 e. The second-order valence-electron chi connectivity index (χ2n) is 4.33. The molecule has 0 aliphatic rings. The highest BCUT2D eigenvalue weighted by Gasteiger charge is 2.04. The van der Waals surface area contributed by atoms with Crippen molar-refractivity contribution in [3.8, 4) is 5.75 Å². The summed E-state index contributed by atoms with van der Waals surface area (Å²) in [5.74, 6) is -1.65. The van der Waals surface area contributed by atoms with Gasteiger partial charge < -0.3 is 4.74 Å². The molecular weight excluding hydrogens is 290 g/mol. The quantitative estimate of drug-likeness (QED) is 0.681. The zero-order chi connectivity index (χ0) is 15.9. The van der Waals surface area contributed by atoms with Gasteiger partial charge in [-0.05, 0) is 48.9 Å². The van der Waals surface area contributed by atoms with E-state index >= 15 is 0 Å². The molecule has 0 bridgehead atoms. The third kappa shape index (κ3) is 4.12. The van der Waals surface area contributed by atoms with Gasteiger partial charge in [0.05, 0.1) is 12.8 Å². The van der Waals surface area contributed by atoms with Gasteiger partial charge in [-0.3, -0.25) is 4.79 Å². The van der Waals surface area contributed by atoms with Gasteiger partial charge in [0.25, 0.3) is 5.91 Å². The zero-order valence-corrected chi connectivity index (χ0v) is 11.8. The van der Waals surface area contributed by atoms with Gasteiger partial charge in [0.2, 0.25) is 0 Å². The second-order valence-corrected chi connectivity index (χ2v) is 4.33. The Hall–Kier alpha value is -2.76. The number of carbonyl (C=O) groups is 1. The molecule has 0 saturated heterocycles. The maximum atomic E-state index is 13.0. The van der Waals surface area contributed by atoms with Gasteiger partial charge in [-0.15, -0.1) is 0 Å². The third-order valence-electron chi connectivity index (χ3n) is 2.75. The minimum absolute atomic E-state index is 0.339. The van der Waals surface area contributed by atoms with Crippen LogP contribution < -0.4 is 10.2 Å². The number of rotatable bonds is 5. The third-order valence-corrected chi connectivity index (χ3v) is 2.75. The fourth-order valence-corrected chi connectivity index (χ4v) is 1.69. The first kappa shape index (κ1) is 15.6. The molecule has 0 aliphatic heterocycles. The molecule has 2 rings (SSSR count). The van der Waals surface area contributed by atoms with Gasteiger partial charge in [-0.1, -0.05) is 6.07 Å². The minimum Gasteiger partial charge on any atom is -0.494 e. The number of hydrogen-bond donors (Lipinski definition) is 1. The fraction of sp³-hybridized carbons (Fsp3) is 0.125. The Morgan fingerprint density at radius 1 is 1.18 bits per heavy atom. The Bertz CT molecular complexity index is 685. The van der Waals surface area contributed by atoms with Crippen molar-refractivity contribution in [3.63, 3.8) is 0 Å². The first-order valence-electron chi connectivity index (χ1n) is 6.61. The van der Waals surface area contributed by atoms with Crippen LogP contribution in [-0.2, 0) is 0 Å². The molecule has 22 heavy (non-hydrogen) atoms. The van der Waals surface area contributed by atoms with Crippen molar-refractivity contribution in [2.24, 2.45) is 5.10 Å². The van der Waals surface area contributed by atoms with E-state index in [-0.39, 0.29) is 0 Å². The molecule has 1 N–H and O–H groups in total. The summed E-state index contributed by atoms with van der Waals surface area (Å²) in [5, 5.41) is 3.70. The smallest absolute Gasteiger partial charge is 0.271 e. The molecule has 0 aromatic heterocycles. The van der Waals surface area contributed by atoms with Gasteiger partial charge >= 0.3 is 0 Å². The SMILES string of the molecule is CCOc1ccc(C(=O)N/N=C\c2ccc(F)c(F)c2)cc1. The van der Waals surface area contributed by atoms with E-state index in [4.69, 9.17) is 4.74 Å². The van der Waals surface area contributed by atoms with Crippen molar-refractivity contribution < 1.29 is 18.3 Å². The highest BCUT2D eigenvalue weighted by atomic mass is 19.2. The van der Waals surface area contributed by atoms with Crippen LogP contribution in [0.1, 0.15) is 22.8 Å². The fourth-order valence-electron chi connectivity index (χ4n) is 1.69. The van der Waals surface area contributed by atoms with E-state index in [1.54, 1.807) is 24.3 Å². The first-order valence-corrected chi connectivity index (χ1v) is 6.61. The van der Waals surface area contributed by atoms with Crippen LogP contribution in [0.4, 0.5) is 8.78 Å². The lowest BCUT2D eigenvalue weighted by molar-refractivity contribution is 0.0955. The zero-order valence-electron chi connectivity index (χ0n) is 11.8. The van der Waals surface area contributed by atoms with Crippen LogP contribution >= 0.6 is 0 Å². The number of amides is 1. The summed E-state index contributed by atoms with van der Waals surface area (Å²) in [6.07, 6.45) is 1.23. The summed E-state index contributed by atoms with van der Waals surface area (Å²) >= 11 is 0. The summed E-state index contributed by atoms with van der Waals surface area (Å²) in [6, 6.07) is 9.90. The number of halogens is 2. The van der Waals surface area contributed by atoms with Crippen molar-refractivity contribution >= 4 is 12.1 Å². The molecule has 114 valence electrons. The number of nitrogens with one attached hydrogen (secondary N) is 1. The van der Waals surface area contributed by atoms with E-state index in [9.17, 15) is 13.6 Å². The molecule has 0 unspecified atom stereocenters. The van der Waals surface area contributed by atoms with Gasteiger partial charge in [-0.2, -0.15) is 5.10 Å². The molecule has 0 aliphatic carbocycles. The molecule has 4 nitrogen and oxygen atoms in total. The average Bonchev–Trinajstić information content (AvgIpc) is 2.52. The summed E-state index contributed by atoms with van der Waals surface area (Å²) in [5.41, 5.74) is 3.05. The van der Waals surface area contributed by atoms with E-state index in [0.29, 0.717) is 23.5 Å². The standard InChI is InChI=1S/C16H14F2N2O2/c1-2-22-13-6-4-12(5-7-13)16(21)20-19-10-11-3-8-14(17)15(18)9-11/h3-10H,2H2,1H3,(H,20,21)/b19-10-. The molecule has 0 radical (unpaired) electrons. The Morgan fingerprint density at radius 3 is 2.55 bits per heavy atom. The topological polar surface area (TPSA) is 50.7 Å². The maximum absolute atomic E-state index is 13.0. The van der Waals surface area contributed by atoms with E-state index in [1.165, 1.54) is 12.3 Å². The molecule has 1 amide bonds. The van der Waals surface area contributed by atoms with Crippen LogP contribution in [0.5, 0.6) is 5.75 Å². The molecule has 0 saturated carbocycles. The molecule has 6 heteroatoms. The highest BCUT2D eigenvalue weighted by molar-refractivity contribution is 5.94. The lowest BCUT2D eigenvalue weighted by Crippen LogP contribution is -2.17. The summed E-state index contributed by atoms with van der Waals surface area (Å²) in [7, 11) is 0. The number of nitrogens with zero attached hydrogens (tertiary/aromatic N) is 1. The lowest BCUT2D eigenvalue weighted by Gasteiger charge is -2.04. The van der Waals surface area contributed by atoms with Crippen molar-refractivity contribution in [2.75, 3.05) is 6.61 Å². The number of hydrazone groups is 1. The van der Waals surface area contributed by atoms with Crippen molar-refractivity contribution in [2.45, 2.75) is 6.92 Å². The van der Waals surface area contributed by atoms with Crippen molar-refractivity contribution in [1.82, 2.24) is 5.43 Å². The van der Waals surface area contributed by atoms with Crippen LogP contribution in [-0.4, -0.2) is 18.7 Å². The van der Waals surface area contributed by atoms with E-state index < -0.39 is 17.5 Å². The summed E-state index contributed by atoms with van der Waals surface area (Å²) in [6.45, 7) is 2.41. The first-order chi connectivity index (χ1) is 10.6. The summed E-state index contributed by atoms with van der Waals surface area (Å²) in [4.78, 5) is 11.8. The molecular formula is C16H14F2N2O2. The van der Waals surface area contributed by atoms with E-state index in [0.717, 1.165) is 12.1 Å². The molecule has 2 aromatic rings. The minimum atomic E-state index is -0.971. The second kappa shape index (κ2) is 7.31. The Kier molecular flexibility index (Phi) is 5.19. The normalized spacial score (nSPS) is 10.7. The number of hydrogen-bond acceptors (Lipinski definition) is 3. The monoisotopic (exact) mass is 304 g/mol. The lowest BCUT2D eigenvalue weighted by atomic mass is 10.2. The molecule has 0 fully saturated rings. The predicted molar refractivity (Wildman–Crippen MR) is 79.0 cm³/mol. The van der Waals surface area contributed by atoms with Gasteiger partial charge in [0, 0.05) is 5.56 Å². The Labute approximate surface area is 126 Å². The predicted octanol–water partition coefficient (Wildman–Crippen LogP) is 3.13. The van der Waals surface area contributed by atoms with Crippen LogP contribution in [0.25, 0.3) is 0 Å². The number of benzene rings is 2. The van der Waals surface area contributed by atoms with E-state index in [2.05, 4.69) is 10.5 Å². The molecule has 0 atom stereocenters.